The van der Waals surface area contributed by atoms with Crippen LogP contribution in [0.25, 0.3) is 11.0 Å². The van der Waals surface area contributed by atoms with Crippen LogP contribution in [0.15, 0.2) is 27.4 Å². The number of aromatic hydroxyl groups is 1. The zero-order chi connectivity index (χ0) is 20.3. The number of amides is 1. The molecule has 2 bridgehead atoms. The Balaban J connectivity index is 1.53. The molecule has 2 aliphatic rings. The molecule has 1 saturated carbocycles. The number of nitrogens with zero attached hydrogens (tertiary/aromatic N) is 1. The molecule has 2 aromatic rings. The van der Waals surface area contributed by atoms with Gasteiger partial charge in [0.05, 0.1) is 0 Å². The average molecular weight is 383 g/mol. The fourth-order valence-corrected chi connectivity index (χ4v) is 5.80. The van der Waals surface area contributed by atoms with E-state index in [1.807, 2.05) is 6.92 Å². The predicted octanol–water partition coefficient (Wildman–Crippen LogP) is 4.17. The molecule has 1 aromatic carbocycles. The van der Waals surface area contributed by atoms with E-state index in [1.54, 1.807) is 12.1 Å². The van der Waals surface area contributed by atoms with Gasteiger partial charge in [-0.15, -0.1) is 0 Å². The normalized spacial score (nSPS) is 26.0. The van der Waals surface area contributed by atoms with Crippen molar-refractivity contribution in [3.8, 4) is 5.75 Å². The third-order valence-electron chi connectivity index (χ3n) is 6.59. The molecule has 5 heteroatoms. The summed E-state index contributed by atoms with van der Waals surface area (Å²) < 4.78 is 5.38. The van der Waals surface area contributed by atoms with E-state index in [4.69, 9.17) is 4.42 Å². The molecule has 1 aliphatic carbocycles. The van der Waals surface area contributed by atoms with Crippen molar-refractivity contribution < 1.29 is 14.3 Å². The van der Waals surface area contributed by atoms with Crippen LogP contribution in [-0.2, 0) is 11.2 Å². The molecule has 5 nitrogen and oxygen atoms in total. The van der Waals surface area contributed by atoms with E-state index in [2.05, 4.69) is 25.7 Å². The van der Waals surface area contributed by atoms with Gasteiger partial charge in [0, 0.05) is 36.0 Å². The topological polar surface area (TPSA) is 70.8 Å². The maximum atomic E-state index is 13.0. The molecule has 1 saturated heterocycles. The number of phenols is 1. The molecular weight excluding hydrogens is 354 g/mol. The number of fused-ring (bicyclic) bond motifs is 3. The van der Waals surface area contributed by atoms with Crippen LogP contribution in [0, 0.1) is 17.8 Å². The summed E-state index contributed by atoms with van der Waals surface area (Å²) in [6.45, 7) is 9.60. The molecule has 4 rings (SSSR count). The Hall–Kier alpha value is -2.30. The average Bonchev–Trinajstić information content (AvgIpc) is 2.83. The Kier molecular flexibility index (Phi) is 4.32. The highest BCUT2D eigenvalue weighted by Crippen LogP contribution is 2.52. The first-order valence-electron chi connectivity index (χ1n) is 10.1. The summed E-state index contributed by atoms with van der Waals surface area (Å²) in [6, 6.07) is 5.10. The first kappa shape index (κ1) is 19.0. The van der Waals surface area contributed by atoms with E-state index < -0.39 is 5.63 Å². The zero-order valence-corrected chi connectivity index (χ0v) is 17.2. The number of carbonyl (C=O) groups excluding carboxylic acids is 1. The Morgan fingerprint density at radius 1 is 1.29 bits per heavy atom. The van der Waals surface area contributed by atoms with E-state index >= 15 is 0 Å². The Labute approximate surface area is 165 Å². The second kappa shape index (κ2) is 6.36. The maximum Gasteiger partial charge on any atom is 0.339 e. The van der Waals surface area contributed by atoms with Crippen LogP contribution < -0.4 is 5.63 Å². The van der Waals surface area contributed by atoms with Gasteiger partial charge in [0.1, 0.15) is 11.3 Å². The molecule has 150 valence electrons. The predicted molar refractivity (Wildman–Crippen MR) is 108 cm³/mol. The molecule has 0 radical (unpaired) electrons. The number of carbonyl (C=O) groups is 1. The number of likely N-dealkylation sites (tertiary alicyclic amines) is 1. The highest BCUT2D eigenvalue weighted by molar-refractivity contribution is 5.82. The first-order chi connectivity index (χ1) is 13.1. The Morgan fingerprint density at radius 3 is 2.79 bits per heavy atom. The highest BCUT2D eigenvalue weighted by atomic mass is 16.4. The molecule has 28 heavy (non-hydrogen) atoms. The minimum atomic E-state index is -0.420. The summed E-state index contributed by atoms with van der Waals surface area (Å²) in [5, 5.41) is 10.4. The van der Waals surface area contributed by atoms with Crippen LogP contribution in [0.1, 0.15) is 57.6 Å². The van der Waals surface area contributed by atoms with Crippen molar-refractivity contribution in [2.75, 3.05) is 6.54 Å². The summed E-state index contributed by atoms with van der Waals surface area (Å²) in [6.07, 6.45) is 3.99. The quantitative estimate of drug-likeness (QED) is 0.808. The van der Waals surface area contributed by atoms with Gasteiger partial charge in [-0.2, -0.15) is 0 Å². The number of phenolic OH excluding ortho intramolecular Hbond substituents is 1. The molecule has 0 spiro atoms. The molecule has 2 fully saturated rings. The molecule has 2 atom stereocenters. The minimum Gasteiger partial charge on any atom is -0.508 e. The molecule has 1 aromatic heterocycles. The third-order valence-corrected chi connectivity index (χ3v) is 6.59. The van der Waals surface area contributed by atoms with Gasteiger partial charge in [-0.25, -0.2) is 4.79 Å². The van der Waals surface area contributed by atoms with Gasteiger partial charge in [-0.1, -0.05) is 20.8 Å². The summed E-state index contributed by atoms with van der Waals surface area (Å²) in [7, 11) is 0. The van der Waals surface area contributed by atoms with Crippen molar-refractivity contribution in [3.05, 3.63) is 39.7 Å². The number of aryl methyl sites for hydroxylation is 1. The van der Waals surface area contributed by atoms with Gasteiger partial charge >= 0.3 is 5.63 Å². The lowest BCUT2D eigenvalue weighted by Crippen LogP contribution is -2.38. The Bertz CT molecular complexity index is 1010. The SMILES string of the molecule is Cc1c(CCC(=O)N2CC3(C)CC2CC(C)(C)C3)c(=O)oc2cc(O)ccc12. The molecule has 2 unspecified atom stereocenters. The lowest BCUT2D eigenvalue weighted by atomic mass is 9.65. The maximum absolute atomic E-state index is 13.0. The molecular formula is C23H29NO4. The van der Waals surface area contributed by atoms with Crippen molar-refractivity contribution in [3.63, 3.8) is 0 Å². The van der Waals surface area contributed by atoms with E-state index in [-0.39, 0.29) is 22.5 Å². The van der Waals surface area contributed by atoms with E-state index in [1.165, 1.54) is 6.07 Å². The van der Waals surface area contributed by atoms with Gasteiger partial charge < -0.3 is 14.4 Å². The van der Waals surface area contributed by atoms with Crippen LogP contribution in [0.3, 0.4) is 0 Å². The van der Waals surface area contributed by atoms with Crippen molar-refractivity contribution in [1.82, 2.24) is 4.90 Å². The van der Waals surface area contributed by atoms with Crippen LogP contribution in [0.2, 0.25) is 0 Å². The van der Waals surface area contributed by atoms with Crippen LogP contribution in [0.5, 0.6) is 5.75 Å². The second-order valence-electron chi connectivity index (χ2n) is 9.91. The van der Waals surface area contributed by atoms with Crippen LogP contribution in [0.4, 0.5) is 0 Å². The summed E-state index contributed by atoms with van der Waals surface area (Å²) in [5.41, 5.74) is 1.82. The number of rotatable bonds is 3. The smallest absolute Gasteiger partial charge is 0.339 e. The second-order valence-corrected chi connectivity index (χ2v) is 9.91. The fraction of sp³-hybridized carbons (Fsp3) is 0.565. The van der Waals surface area contributed by atoms with E-state index in [9.17, 15) is 14.7 Å². The lowest BCUT2D eigenvalue weighted by molar-refractivity contribution is -0.132. The monoisotopic (exact) mass is 383 g/mol. The van der Waals surface area contributed by atoms with Gasteiger partial charge in [-0.3, -0.25) is 4.79 Å². The third kappa shape index (κ3) is 3.31. The van der Waals surface area contributed by atoms with Crippen LogP contribution in [-0.4, -0.2) is 28.5 Å². The zero-order valence-electron chi connectivity index (χ0n) is 17.2. The van der Waals surface area contributed by atoms with Gasteiger partial charge in [-0.05, 0) is 61.1 Å². The van der Waals surface area contributed by atoms with E-state index in [0.717, 1.165) is 36.8 Å². The van der Waals surface area contributed by atoms with Crippen molar-refractivity contribution in [2.45, 2.75) is 65.8 Å². The standard InChI is InChI=1S/C23H29NO4/c1-14-17-6-5-16(25)9-19(17)28-21(27)18(14)7-8-20(26)24-13-23(4)11-15(24)10-22(2,3)12-23/h5-6,9,15,25H,7-8,10-13H2,1-4H3. The van der Waals surface area contributed by atoms with Crippen molar-refractivity contribution in [2.24, 2.45) is 10.8 Å². The first-order valence-corrected chi connectivity index (χ1v) is 10.1. The Morgan fingerprint density at radius 2 is 2.04 bits per heavy atom. The number of benzene rings is 1. The van der Waals surface area contributed by atoms with Gasteiger partial charge in [0.2, 0.25) is 5.91 Å². The summed E-state index contributed by atoms with van der Waals surface area (Å²) in [4.78, 5) is 27.5. The summed E-state index contributed by atoms with van der Waals surface area (Å²) >= 11 is 0. The van der Waals surface area contributed by atoms with Crippen LogP contribution >= 0.6 is 0 Å². The fourth-order valence-electron chi connectivity index (χ4n) is 5.80. The van der Waals surface area contributed by atoms with Crippen molar-refractivity contribution in [1.29, 1.82) is 0 Å². The summed E-state index contributed by atoms with van der Waals surface area (Å²) in [5.74, 6) is 0.200. The van der Waals surface area contributed by atoms with Crippen molar-refractivity contribution >= 4 is 16.9 Å². The van der Waals surface area contributed by atoms with Gasteiger partial charge in [0.15, 0.2) is 0 Å². The van der Waals surface area contributed by atoms with E-state index in [0.29, 0.717) is 30.0 Å². The number of hydrogen-bond donors (Lipinski definition) is 1. The largest absolute Gasteiger partial charge is 0.508 e. The molecule has 1 N–H and O–H groups in total. The molecule has 1 amide bonds. The molecule has 2 heterocycles. The minimum absolute atomic E-state index is 0.0644. The lowest BCUT2D eigenvalue weighted by Gasteiger charge is -2.39. The number of hydrogen-bond acceptors (Lipinski definition) is 4. The van der Waals surface area contributed by atoms with Gasteiger partial charge in [0.25, 0.3) is 0 Å². The highest BCUT2D eigenvalue weighted by Gasteiger charge is 2.50. The molecule has 1 aliphatic heterocycles.